The van der Waals surface area contributed by atoms with Gasteiger partial charge in [-0.2, -0.15) is 0 Å². The first-order chi connectivity index (χ1) is 17.9. The van der Waals surface area contributed by atoms with E-state index in [2.05, 4.69) is 33.7 Å². The minimum Gasteiger partial charge on any atom is -0.340 e. The maximum absolute atomic E-state index is 13.2. The maximum Gasteiger partial charge on any atom is 0.287 e. The number of aromatic nitrogens is 2. The van der Waals surface area contributed by atoms with Gasteiger partial charge in [-0.05, 0) is 70.1 Å². The molecule has 0 spiro atoms. The van der Waals surface area contributed by atoms with Crippen molar-refractivity contribution in [1.82, 2.24) is 29.6 Å². The van der Waals surface area contributed by atoms with E-state index in [4.69, 9.17) is 0 Å². The smallest absolute Gasteiger partial charge is 0.287 e. The number of piperazine rings is 1. The SMILES string of the molecule is C=C/C(=C\C=C/C)Cn1c(C(=O)NCC(=O)N2CCN(C3CCN(C)CC3)CC2)nc2cc(C)ccc21. The lowest BCUT2D eigenvalue weighted by molar-refractivity contribution is -0.132. The molecule has 2 amide bonds. The van der Waals surface area contributed by atoms with Gasteiger partial charge in [0.25, 0.3) is 5.91 Å². The molecule has 8 heteroatoms. The molecule has 2 fully saturated rings. The first kappa shape index (κ1) is 26.8. The lowest BCUT2D eigenvalue weighted by Crippen LogP contribution is -2.55. The number of nitrogens with one attached hydrogen (secondary N) is 1. The number of nitrogens with zero attached hydrogens (tertiary/aromatic N) is 5. The number of carbonyl (C=O) groups is 2. The predicted octanol–water partition coefficient (Wildman–Crippen LogP) is 3.00. The molecule has 4 rings (SSSR count). The van der Waals surface area contributed by atoms with Gasteiger partial charge in [0.2, 0.25) is 5.91 Å². The molecule has 2 aliphatic rings. The van der Waals surface area contributed by atoms with E-state index in [1.165, 1.54) is 12.8 Å². The molecule has 198 valence electrons. The average Bonchev–Trinajstić information content (AvgIpc) is 3.27. The molecule has 8 nitrogen and oxygen atoms in total. The second-order valence-corrected chi connectivity index (χ2v) is 10.1. The fourth-order valence-corrected chi connectivity index (χ4v) is 5.20. The quantitative estimate of drug-likeness (QED) is 0.560. The van der Waals surface area contributed by atoms with E-state index in [0.717, 1.165) is 48.3 Å². The van der Waals surface area contributed by atoms with Crippen molar-refractivity contribution in [2.45, 2.75) is 39.3 Å². The first-order valence-corrected chi connectivity index (χ1v) is 13.3. The van der Waals surface area contributed by atoms with Crippen molar-refractivity contribution in [3.8, 4) is 0 Å². The standard InChI is InChI=1S/C29H40N6O2/c1-5-7-8-23(6-2)21-35-26-10-9-22(3)19-25(26)31-28(35)29(37)30-20-27(36)34-17-15-33(16-18-34)24-11-13-32(4)14-12-24/h5-10,19,24H,2,11-18,20-21H2,1,3-4H3,(H,30,37)/b7-5-,23-8+. The molecule has 2 saturated heterocycles. The molecule has 3 heterocycles. The molecule has 2 aromatic rings. The van der Waals surface area contributed by atoms with Gasteiger partial charge in [-0.25, -0.2) is 4.98 Å². The van der Waals surface area contributed by atoms with Crippen LogP contribution in [0.25, 0.3) is 11.0 Å². The molecular formula is C29H40N6O2. The predicted molar refractivity (Wildman–Crippen MR) is 149 cm³/mol. The van der Waals surface area contributed by atoms with Gasteiger partial charge in [0.15, 0.2) is 5.82 Å². The number of hydrogen-bond acceptors (Lipinski definition) is 5. The molecule has 0 radical (unpaired) electrons. The van der Waals surface area contributed by atoms with Crippen LogP contribution in [0.2, 0.25) is 0 Å². The van der Waals surface area contributed by atoms with Crippen LogP contribution in [0.15, 0.2) is 54.7 Å². The second-order valence-electron chi connectivity index (χ2n) is 10.1. The summed E-state index contributed by atoms with van der Waals surface area (Å²) in [5, 5.41) is 2.83. The highest BCUT2D eigenvalue weighted by Crippen LogP contribution is 2.20. The fourth-order valence-electron chi connectivity index (χ4n) is 5.20. The number of likely N-dealkylation sites (tertiary alicyclic amines) is 1. The normalized spacial score (nSPS) is 18.6. The summed E-state index contributed by atoms with van der Waals surface area (Å²) in [6.45, 7) is 13.8. The van der Waals surface area contributed by atoms with Crippen molar-refractivity contribution in [3.63, 3.8) is 0 Å². The van der Waals surface area contributed by atoms with Crippen molar-refractivity contribution in [1.29, 1.82) is 0 Å². The number of hydrogen-bond donors (Lipinski definition) is 1. The highest BCUT2D eigenvalue weighted by atomic mass is 16.2. The third-order valence-corrected chi connectivity index (χ3v) is 7.48. The highest BCUT2D eigenvalue weighted by molar-refractivity contribution is 5.97. The number of aryl methyl sites for hydroxylation is 1. The van der Waals surface area contributed by atoms with Gasteiger partial charge in [0, 0.05) is 38.8 Å². The third kappa shape index (κ3) is 6.56. The van der Waals surface area contributed by atoms with Gasteiger partial charge in [0.05, 0.1) is 17.6 Å². The number of imidazole rings is 1. The number of fused-ring (bicyclic) bond motifs is 1. The van der Waals surface area contributed by atoms with Gasteiger partial charge in [-0.1, -0.05) is 36.9 Å². The molecule has 0 saturated carbocycles. The van der Waals surface area contributed by atoms with Crippen LogP contribution in [0.3, 0.4) is 0 Å². The summed E-state index contributed by atoms with van der Waals surface area (Å²) in [7, 11) is 2.18. The van der Waals surface area contributed by atoms with Crippen LogP contribution in [0.1, 0.15) is 35.9 Å². The van der Waals surface area contributed by atoms with Crippen LogP contribution in [0.4, 0.5) is 0 Å². The van der Waals surface area contributed by atoms with Crippen molar-refractivity contribution in [2.75, 3.05) is 52.9 Å². The summed E-state index contributed by atoms with van der Waals surface area (Å²) in [6, 6.07) is 6.59. The second kappa shape index (κ2) is 12.3. The van der Waals surface area contributed by atoms with E-state index >= 15 is 0 Å². The molecule has 2 aliphatic heterocycles. The Morgan fingerprint density at radius 1 is 1.14 bits per heavy atom. The van der Waals surface area contributed by atoms with Crippen LogP contribution in [0, 0.1) is 6.92 Å². The van der Waals surface area contributed by atoms with Crippen LogP contribution in [-0.2, 0) is 11.3 Å². The largest absolute Gasteiger partial charge is 0.340 e. The number of benzene rings is 1. The molecule has 1 N–H and O–H groups in total. The monoisotopic (exact) mass is 504 g/mol. The van der Waals surface area contributed by atoms with E-state index in [-0.39, 0.29) is 18.4 Å². The Hall–Kier alpha value is -3.23. The fraction of sp³-hybridized carbons (Fsp3) is 0.483. The number of amides is 2. The molecule has 0 bridgehead atoms. The third-order valence-electron chi connectivity index (χ3n) is 7.48. The van der Waals surface area contributed by atoms with E-state index in [9.17, 15) is 9.59 Å². The van der Waals surface area contributed by atoms with Gasteiger partial charge >= 0.3 is 0 Å². The summed E-state index contributed by atoms with van der Waals surface area (Å²) in [5.41, 5.74) is 3.67. The van der Waals surface area contributed by atoms with Gasteiger partial charge in [0.1, 0.15) is 0 Å². The minimum atomic E-state index is -0.346. The number of piperidine rings is 1. The Morgan fingerprint density at radius 2 is 1.86 bits per heavy atom. The zero-order chi connectivity index (χ0) is 26.4. The topological polar surface area (TPSA) is 73.7 Å². The van der Waals surface area contributed by atoms with E-state index in [1.54, 1.807) is 6.08 Å². The lowest BCUT2D eigenvalue weighted by Gasteiger charge is -2.42. The van der Waals surface area contributed by atoms with Crippen LogP contribution < -0.4 is 5.32 Å². The lowest BCUT2D eigenvalue weighted by atomic mass is 10.0. The van der Waals surface area contributed by atoms with Crippen molar-refractivity contribution < 1.29 is 9.59 Å². The summed E-state index contributed by atoms with van der Waals surface area (Å²) >= 11 is 0. The minimum absolute atomic E-state index is 0.0297. The summed E-state index contributed by atoms with van der Waals surface area (Å²) < 4.78 is 1.89. The first-order valence-electron chi connectivity index (χ1n) is 13.3. The zero-order valence-electron chi connectivity index (χ0n) is 22.4. The Bertz CT molecular complexity index is 1180. The highest BCUT2D eigenvalue weighted by Gasteiger charge is 2.28. The Balaban J connectivity index is 1.39. The van der Waals surface area contributed by atoms with Crippen LogP contribution in [-0.4, -0.2) is 95.0 Å². The van der Waals surface area contributed by atoms with Crippen molar-refractivity contribution in [3.05, 3.63) is 66.0 Å². The number of allylic oxidation sites excluding steroid dienone is 5. The number of rotatable bonds is 8. The molecule has 1 aromatic heterocycles. The van der Waals surface area contributed by atoms with Gasteiger partial charge < -0.3 is 19.7 Å². The maximum atomic E-state index is 13.2. The Morgan fingerprint density at radius 3 is 2.54 bits per heavy atom. The Labute approximate surface area is 220 Å². The molecule has 0 aliphatic carbocycles. The summed E-state index contributed by atoms with van der Waals surface area (Å²) in [5.74, 6) is -0.0926. The van der Waals surface area contributed by atoms with Gasteiger partial charge in [-0.15, -0.1) is 0 Å². The van der Waals surface area contributed by atoms with Crippen LogP contribution >= 0.6 is 0 Å². The Kier molecular flexibility index (Phi) is 8.95. The molecule has 1 aromatic carbocycles. The summed E-state index contributed by atoms with van der Waals surface area (Å²) in [6.07, 6.45) is 10.0. The van der Waals surface area contributed by atoms with Crippen molar-refractivity contribution in [2.24, 2.45) is 0 Å². The molecule has 0 atom stereocenters. The average molecular weight is 505 g/mol. The zero-order valence-corrected chi connectivity index (χ0v) is 22.4. The van der Waals surface area contributed by atoms with Gasteiger partial charge in [-0.3, -0.25) is 14.5 Å². The van der Waals surface area contributed by atoms with E-state index in [1.807, 2.05) is 59.7 Å². The molecule has 0 unspecified atom stereocenters. The van der Waals surface area contributed by atoms with Crippen LogP contribution in [0.5, 0.6) is 0 Å². The summed E-state index contributed by atoms with van der Waals surface area (Å²) in [4.78, 5) is 37.6. The molecular weight excluding hydrogens is 464 g/mol. The molecule has 37 heavy (non-hydrogen) atoms. The van der Waals surface area contributed by atoms with E-state index in [0.29, 0.717) is 31.5 Å². The number of carbonyl (C=O) groups excluding carboxylic acids is 2. The van der Waals surface area contributed by atoms with E-state index < -0.39 is 0 Å². The van der Waals surface area contributed by atoms with Crippen molar-refractivity contribution >= 4 is 22.8 Å².